The molecule has 1 fully saturated rings. The number of aromatic nitrogens is 5. The van der Waals surface area contributed by atoms with E-state index in [1.165, 1.54) is 0 Å². The van der Waals surface area contributed by atoms with Crippen molar-refractivity contribution in [3.63, 3.8) is 0 Å². The van der Waals surface area contributed by atoms with Gasteiger partial charge in [-0.15, -0.1) is 0 Å². The lowest BCUT2D eigenvalue weighted by Crippen LogP contribution is -2.47. The number of hydrogen-bond acceptors (Lipinski definition) is 6. The summed E-state index contributed by atoms with van der Waals surface area (Å²) in [6.45, 7) is 0. The minimum atomic E-state index is -0.687. The van der Waals surface area contributed by atoms with E-state index in [0.717, 1.165) is 48.6 Å². The molecule has 146 valence electrons. The number of H-pyrrole nitrogens is 1. The van der Waals surface area contributed by atoms with Crippen molar-refractivity contribution in [3.8, 4) is 11.4 Å². The number of rotatable bonds is 4. The number of nitrogens with zero attached hydrogens (tertiary/aromatic N) is 4. The van der Waals surface area contributed by atoms with Crippen molar-refractivity contribution in [2.24, 2.45) is 0 Å². The molecular formula is C21H20N6O2. The number of fused-ring (bicyclic) bond motifs is 1. The van der Waals surface area contributed by atoms with Crippen LogP contribution in [0.4, 0.5) is 0 Å². The number of benzene rings is 1. The maximum absolute atomic E-state index is 13.2. The number of aromatic amines is 1. The third kappa shape index (κ3) is 3.16. The third-order valence-electron chi connectivity index (χ3n) is 5.52. The standard InChI is InChI=1S/C21H20N6O2/c28-19(17-15-6-2-3-7-16(15)25-26-17)24-21(10-4-1-5-11-21)20-23-18(27-29-20)14-8-12-22-13-9-14/h2-3,6-9,12-13H,1,4-5,10-11H2,(H,24,28)(H,25,26). The van der Waals surface area contributed by atoms with Crippen molar-refractivity contribution in [2.45, 2.75) is 37.6 Å². The summed E-state index contributed by atoms with van der Waals surface area (Å²) in [5.74, 6) is 0.692. The number of amides is 1. The fraction of sp³-hybridized carbons (Fsp3) is 0.286. The second kappa shape index (κ2) is 7.12. The van der Waals surface area contributed by atoms with Gasteiger partial charge in [0.2, 0.25) is 5.82 Å². The van der Waals surface area contributed by atoms with Gasteiger partial charge in [0.1, 0.15) is 5.54 Å². The van der Waals surface area contributed by atoms with Gasteiger partial charge in [0.15, 0.2) is 5.69 Å². The average molecular weight is 388 g/mol. The lowest BCUT2D eigenvalue weighted by Gasteiger charge is -2.34. The van der Waals surface area contributed by atoms with Crippen LogP contribution in [0, 0.1) is 0 Å². The summed E-state index contributed by atoms with van der Waals surface area (Å²) < 4.78 is 5.64. The van der Waals surface area contributed by atoms with E-state index in [2.05, 4.69) is 30.6 Å². The van der Waals surface area contributed by atoms with Gasteiger partial charge in [0.25, 0.3) is 11.8 Å². The summed E-state index contributed by atoms with van der Waals surface area (Å²) in [5.41, 5.74) is 1.34. The highest BCUT2D eigenvalue weighted by molar-refractivity contribution is 6.04. The van der Waals surface area contributed by atoms with Gasteiger partial charge < -0.3 is 9.84 Å². The first kappa shape index (κ1) is 17.5. The molecule has 0 aliphatic heterocycles. The van der Waals surface area contributed by atoms with Crippen molar-refractivity contribution in [3.05, 3.63) is 60.4 Å². The van der Waals surface area contributed by atoms with Crippen molar-refractivity contribution in [1.82, 2.24) is 30.6 Å². The molecule has 1 aromatic carbocycles. The lowest BCUT2D eigenvalue weighted by molar-refractivity contribution is 0.0821. The van der Waals surface area contributed by atoms with Crippen LogP contribution in [0.1, 0.15) is 48.5 Å². The molecule has 1 amide bonds. The first-order valence-electron chi connectivity index (χ1n) is 9.75. The second-order valence-corrected chi connectivity index (χ2v) is 7.37. The second-order valence-electron chi connectivity index (χ2n) is 7.37. The molecule has 1 aliphatic rings. The quantitative estimate of drug-likeness (QED) is 0.553. The van der Waals surface area contributed by atoms with Gasteiger partial charge in [-0.2, -0.15) is 10.1 Å². The van der Waals surface area contributed by atoms with Crippen LogP contribution in [0.25, 0.3) is 22.3 Å². The van der Waals surface area contributed by atoms with Gasteiger partial charge in [-0.1, -0.05) is 42.6 Å². The molecule has 29 heavy (non-hydrogen) atoms. The zero-order valence-electron chi connectivity index (χ0n) is 15.8. The number of carbonyl (C=O) groups is 1. The van der Waals surface area contributed by atoms with Crippen molar-refractivity contribution >= 4 is 16.8 Å². The summed E-state index contributed by atoms with van der Waals surface area (Å²) in [4.78, 5) is 21.8. The number of nitrogens with one attached hydrogen (secondary N) is 2. The Labute approximate surface area is 166 Å². The molecule has 1 saturated carbocycles. The highest BCUT2D eigenvalue weighted by Gasteiger charge is 2.41. The molecule has 5 rings (SSSR count). The Morgan fingerprint density at radius 1 is 1.07 bits per heavy atom. The molecule has 0 unspecified atom stereocenters. The zero-order chi connectivity index (χ0) is 19.7. The van der Waals surface area contributed by atoms with E-state index in [1.54, 1.807) is 12.4 Å². The van der Waals surface area contributed by atoms with E-state index in [-0.39, 0.29) is 5.91 Å². The Morgan fingerprint density at radius 2 is 1.86 bits per heavy atom. The summed E-state index contributed by atoms with van der Waals surface area (Å²) in [6, 6.07) is 11.2. The number of pyridine rings is 1. The molecule has 3 aromatic heterocycles. The summed E-state index contributed by atoms with van der Waals surface area (Å²) in [5, 5.41) is 15.3. The highest BCUT2D eigenvalue weighted by Crippen LogP contribution is 2.37. The van der Waals surface area contributed by atoms with Crippen LogP contribution < -0.4 is 5.32 Å². The molecule has 8 heteroatoms. The molecule has 0 spiro atoms. The van der Waals surface area contributed by atoms with E-state index in [4.69, 9.17) is 4.52 Å². The van der Waals surface area contributed by atoms with Gasteiger partial charge in [-0.05, 0) is 31.0 Å². The summed E-state index contributed by atoms with van der Waals surface area (Å²) in [7, 11) is 0. The molecule has 0 radical (unpaired) electrons. The normalized spacial score (nSPS) is 16.0. The van der Waals surface area contributed by atoms with Gasteiger partial charge in [0, 0.05) is 23.3 Å². The van der Waals surface area contributed by atoms with Crippen LogP contribution in [-0.2, 0) is 5.54 Å². The molecule has 3 heterocycles. The minimum absolute atomic E-state index is 0.243. The number of carbonyl (C=O) groups excluding carboxylic acids is 1. The van der Waals surface area contributed by atoms with Crippen LogP contribution in [0.5, 0.6) is 0 Å². The Balaban J connectivity index is 1.49. The highest BCUT2D eigenvalue weighted by atomic mass is 16.5. The van der Waals surface area contributed by atoms with Crippen LogP contribution >= 0.6 is 0 Å². The topological polar surface area (TPSA) is 110 Å². The van der Waals surface area contributed by atoms with Crippen LogP contribution in [-0.4, -0.2) is 31.2 Å². The average Bonchev–Trinajstić information content (AvgIpc) is 3.43. The molecular weight excluding hydrogens is 368 g/mol. The molecule has 0 saturated heterocycles. The Morgan fingerprint density at radius 3 is 2.69 bits per heavy atom. The van der Waals surface area contributed by atoms with Crippen LogP contribution in [0.15, 0.2) is 53.3 Å². The van der Waals surface area contributed by atoms with Gasteiger partial charge in [-0.3, -0.25) is 14.9 Å². The predicted octanol–water partition coefficient (Wildman–Crippen LogP) is 3.60. The van der Waals surface area contributed by atoms with Crippen molar-refractivity contribution in [2.75, 3.05) is 0 Å². The number of hydrogen-bond donors (Lipinski definition) is 2. The maximum atomic E-state index is 13.2. The van der Waals surface area contributed by atoms with Gasteiger partial charge >= 0.3 is 0 Å². The van der Waals surface area contributed by atoms with E-state index < -0.39 is 5.54 Å². The van der Waals surface area contributed by atoms with Crippen molar-refractivity contribution in [1.29, 1.82) is 0 Å². The minimum Gasteiger partial charge on any atom is -0.336 e. The third-order valence-corrected chi connectivity index (χ3v) is 5.52. The number of para-hydroxylation sites is 1. The van der Waals surface area contributed by atoms with Crippen molar-refractivity contribution < 1.29 is 9.32 Å². The monoisotopic (exact) mass is 388 g/mol. The Bertz CT molecular complexity index is 1140. The molecule has 2 N–H and O–H groups in total. The summed E-state index contributed by atoms with van der Waals surface area (Å²) in [6.07, 6.45) is 7.95. The SMILES string of the molecule is O=C(NC1(c2nc(-c3ccncc3)no2)CCCCC1)c1n[nH]c2ccccc12. The van der Waals surface area contributed by atoms with E-state index in [9.17, 15) is 4.79 Å². The molecule has 8 nitrogen and oxygen atoms in total. The van der Waals surface area contributed by atoms with Crippen LogP contribution in [0.3, 0.4) is 0 Å². The Hall–Kier alpha value is -3.55. The molecule has 0 atom stereocenters. The first-order valence-corrected chi connectivity index (χ1v) is 9.75. The fourth-order valence-electron chi connectivity index (χ4n) is 4.00. The summed E-state index contributed by atoms with van der Waals surface area (Å²) >= 11 is 0. The van der Waals surface area contributed by atoms with Gasteiger partial charge in [-0.25, -0.2) is 0 Å². The van der Waals surface area contributed by atoms with Gasteiger partial charge in [0.05, 0.1) is 5.52 Å². The fourth-order valence-corrected chi connectivity index (χ4v) is 4.00. The van der Waals surface area contributed by atoms with E-state index in [1.807, 2.05) is 36.4 Å². The molecule has 4 aromatic rings. The largest absolute Gasteiger partial charge is 0.336 e. The molecule has 1 aliphatic carbocycles. The maximum Gasteiger partial charge on any atom is 0.273 e. The molecule has 0 bridgehead atoms. The Kier molecular flexibility index (Phi) is 4.31. The van der Waals surface area contributed by atoms with E-state index >= 15 is 0 Å². The smallest absolute Gasteiger partial charge is 0.273 e. The van der Waals surface area contributed by atoms with E-state index in [0.29, 0.717) is 17.4 Å². The first-order chi connectivity index (χ1) is 14.3. The zero-order valence-corrected chi connectivity index (χ0v) is 15.8. The lowest BCUT2D eigenvalue weighted by atomic mass is 9.81. The predicted molar refractivity (Wildman–Crippen MR) is 106 cm³/mol. The van der Waals surface area contributed by atoms with Crippen LogP contribution in [0.2, 0.25) is 0 Å².